The van der Waals surface area contributed by atoms with Crippen molar-refractivity contribution in [3.63, 3.8) is 0 Å². The first-order valence-electron chi connectivity index (χ1n) is 12.6. The number of anilines is 1. The topological polar surface area (TPSA) is 43.9 Å². The molecule has 1 saturated heterocycles. The molecule has 0 atom stereocenters. The summed E-state index contributed by atoms with van der Waals surface area (Å²) in [5, 5.41) is 0. The monoisotopic (exact) mass is 539 g/mol. The van der Waals surface area contributed by atoms with Crippen molar-refractivity contribution in [1.29, 1.82) is 0 Å². The van der Waals surface area contributed by atoms with Crippen LogP contribution in [0.5, 0.6) is 0 Å². The van der Waals surface area contributed by atoms with Crippen LogP contribution in [0.3, 0.4) is 0 Å². The van der Waals surface area contributed by atoms with Gasteiger partial charge in [-0.2, -0.15) is 0 Å². The van der Waals surface area contributed by atoms with E-state index in [4.69, 9.17) is 0 Å². The van der Waals surface area contributed by atoms with Gasteiger partial charge in [0, 0.05) is 32.7 Å². The van der Waals surface area contributed by atoms with E-state index in [0.717, 1.165) is 56.0 Å². The van der Waals surface area contributed by atoms with Crippen LogP contribution < -0.4 is 4.90 Å². The molecule has 37 heavy (non-hydrogen) atoms. The summed E-state index contributed by atoms with van der Waals surface area (Å²) >= 11 is 0. The Morgan fingerprint density at radius 1 is 0.730 bits per heavy atom. The minimum atomic E-state index is -0.382. The lowest BCUT2D eigenvalue weighted by molar-refractivity contribution is -0.114. The van der Waals surface area contributed by atoms with Crippen molar-refractivity contribution in [2.75, 3.05) is 44.2 Å². The van der Waals surface area contributed by atoms with Crippen molar-refractivity contribution >= 4 is 42.2 Å². The lowest BCUT2D eigenvalue weighted by Crippen LogP contribution is -2.48. The number of piperazine rings is 1. The maximum Gasteiger partial charge on any atom is 0.299 e. The highest BCUT2D eigenvalue weighted by molar-refractivity contribution is 6.52. The zero-order valence-corrected chi connectivity index (χ0v) is 23.1. The van der Waals surface area contributed by atoms with Crippen LogP contribution >= 0.6 is 24.8 Å². The fourth-order valence-electron chi connectivity index (χ4n) is 5.47. The molecule has 196 valence electrons. The van der Waals surface area contributed by atoms with Gasteiger partial charge < -0.3 is 9.80 Å². The Bertz CT molecular complexity index is 1170. The molecular weight excluding hydrogens is 505 g/mol. The highest BCUT2D eigenvalue weighted by atomic mass is 35.5. The molecule has 0 unspecified atom stereocenters. The maximum absolute atomic E-state index is 12.7. The molecule has 5 nitrogen and oxygen atoms in total. The van der Waals surface area contributed by atoms with Gasteiger partial charge in [0.1, 0.15) is 0 Å². The summed E-state index contributed by atoms with van der Waals surface area (Å²) in [5.74, 6) is -0.753. The third kappa shape index (κ3) is 5.91. The molecule has 0 aromatic heterocycles. The molecule has 7 heteroatoms. The van der Waals surface area contributed by atoms with Gasteiger partial charge in [0.15, 0.2) is 0 Å². The normalized spacial score (nSPS) is 15.9. The van der Waals surface area contributed by atoms with E-state index >= 15 is 0 Å². The number of amides is 1. The fraction of sp³-hybridized carbons (Fsp3) is 0.333. The molecule has 0 N–H and O–H groups in total. The summed E-state index contributed by atoms with van der Waals surface area (Å²) in [6.07, 6.45) is 0.854. The molecule has 2 heterocycles. The number of aryl methyl sites for hydroxylation is 1. The van der Waals surface area contributed by atoms with Crippen LogP contribution in [0, 0.1) is 13.8 Å². The Labute approximate surface area is 232 Å². The second-order valence-electron chi connectivity index (χ2n) is 9.64. The average molecular weight is 541 g/mol. The molecule has 3 aromatic rings. The van der Waals surface area contributed by atoms with Gasteiger partial charge in [0.2, 0.25) is 0 Å². The van der Waals surface area contributed by atoms with E-state index in [9.17, 15) is 9.59 Å². The number of Topliss-reactive ketones (excluding diaryl/α,β-unsaturated/α-hetero) is 1. The van der Waals surface area contributed by atoms with Crippen LogP contribution in [-0.2, 0) is 4.79 Å². The SMILES string of the molecule is Cc1ccc2c(c1C)N(CCCN1CCN(C(c3ccccc3)c3ccccc3)CC1)C(=O)C2=O.Cl.Cl. The summed E-state index contributed by atoms with van der Waals surface area (Å²) in [6, 6.07) is 25.5. The predicted molar refractivity (Wildman–Crippen MR) is 154 cm³/mol. The van der Waals surface area contributed by atoms with Gasteiger partial charge in [-0.3, -0.25) is 14.5 Å². The van der Waals surface area contributed by atoms with E-state index in [1.807, 2.05) is 19.9 Å². The maximum atomic E-state index is 12.7. The van der Waals surface area contributed by atoms with Gasteiger partial charge in [0.05, 0.1) is 17.3 Å². The minimum Gasteiger partial charge on any atom is -0.304 e. The second kappa shape index (κ2) is 12.7. The first-order chi connectivity index (χ1) is 17.0. The van der Waals surface area contributed by atoms with Crippen molar-refractivity contribution in [1.82, 2.24) is 9.80 Å². The Morgan fingerprint density at radius 2 is 1.30 bits per heavy atom. The number of carbonyl (C=O) groups is 2. The van der Waals surface area contributed by atoms with Gasteiger partial charge in [-0.15, -0.1) is 24.8 Å². The van der Waals surface area contributed by atoms with E-state index < -0.39 is 0 Å². The highest BCUT2D eigenvalue weighted by Crippen LogP contribution is 2.34. The molecule has 2 aliphatic heterocycles. The molecular formula is C30H35Cl2N3O2. The molecule has 2 aliphatic rings. The van der Waals surface area contributed by atoms with Gasteiger partial charge in [0.25, 0.3) is 11.7 Å². The Balaban J connectivity index is 0.00000190. The van der Waals surface area contributed by atoms with E-state index in [1.165, 1.54) is 11.1 Å². The zero-order valence-electron chi connectivity index (χ0n) is 21.4. The van der Waals surface area contributed by atoms with Crippen molar-refractivity contribution in [3.8, 4) is 0 Å². The van der Waals surface area contributed by atoms with Crippen LogP contribution in [0.2, 0.25) is 0 Å². The van der Waals surface area contributed by atoms with Crippen LogP contribution in [0.4, 0.5) is 5.69 Å². The average Bonchev–Trinajstić information content (AvgIpc) is 3.14. The molecule has 1 amide bonds. The van der Waals surface area contributed by atoms with Gasteiger partial charge in [-0.25, -0.2) is 0 Å². The predicted octanol–water partition coefficient (Wildman–Crippen LogP) is 5.47. The number of carbonyl (C=O) groups excluding carboxylic acids is 2. The van der Waals surface area contributed by atoms with Crippen LogP contribution in [-0.4, -0.2) is 60.8 Å². The summed E-state index contributed by atoms with van der Waals surface area (Å²) < 4.78 is 0. The Morgan fingerprint density at radius 3 is 1.86 bits per heavy atom. The minimum absolute atomic E-state index is 0. The van der Waals surface area contributed by atoms with Crippen LogP contribution in [0.1, 0.15) is 45.1 Å². The second-order valence-corrected chi connectivity index (χ2v) is 9.64. The van der Waals surface area contributed by atoms with Crippen molar-refractivity contribution < 1.29 is 9.59 Å². The Hall–Kier alpha value is -2.70. The first-order valence-corrected chi connectivity index (χ1v) is 12.6. The largest absolute Gasteiger partial charge is 0.304 e. The Kier molecular flexibility index (Phi) is 9.91. The lowest BCUT2D eigenvalue weighted by atomic mass is 9.96. The number of rotatable bonds is 7. The van der Waals surface area contributed by atoms with Gasteiger partial charge in [-0.1, -0.05) is 66.7 Å². The van der Waals surface area contributed by atoms with Gasteiger partial charge in [-0.05, 0) is 55.1 Å². The first kappa shape index (κ1) is 28.9. The van der Waals surface area contributed by atoms with Crippen LogP contribution in [0.25, 0.3) is 0 Å². The number of benzene rings is 3. The number of hydrogen-bond donors (Lipinski definition) is 0. The number of nitrogens with zero attached hydrogens (tertiary/aromatic N) is 3. The number of halogens is 2. The molecule has 3 aromatic carbocycles. The van der Waals surface area contributed by atoms with Crippen molar-refractivity contribution in [3.05, 3.63) is 101 Å². The third-order valence-corrected chi connectivity index (χ3v) is 7.51. The molecule has 0 radical (unpaired) electrons. The lowest BCUT2D eigenvalue weighted by Gasteiger charge is -2.40. The third-order valence-electron chi connectivity index (χ3n) is 7.51. The van der Waals surface area contributed by atoms with Crippen molar-refractivity contribution in [2.24, 2.45) is 0 Å². The summed E-state index contributed by atoms with van der Waals surface area (Å²) in [5.41, 5.74) is 6.17. The summed E-state index contributed by atoms with van der Waals surface area (Å²) in [6.45, 7) is 9.52. The van der Waals surface area contributed by atoms with Crippen LogP contribution in [0.15, 0.2) is 72.8 Å². The molecule has 0 spiro atoms. The van der Waals surface area contributed by atoms with E-state index in [0.29, 0.717) is 12.1 Å². The highest BCUT2D eigenvalue weighted by Gasteiger charge is 2.37. The zero-order chi connectivity index (χ0) is 24.4. The number of ketones is 1. The quantitative estimate of drug-likeness (QED) is 0.373. The van der Waals surface area contributed by atoms with Gasteiger partial charge >= 0.3 is 0 Å². The standard InChI is InChI=1S/C30H33N3O2.2ClH/c1-22-14-15-26-27(23(22)2)33(30(35)29(26)34)17-9-16-31-18-20-32(21-19-31)28(24-10-5-3-6-11-24)25-12-7-4-8-13-25;;/h3-8,10-15,28H,9,16-21H2,1-2H3;2*1H. The summed E-state index contributed by atoms with van der Waals surface area (Å²) in [4.78, 5) is 31.9. The van der Waals surface area contributed by atoms with E-state index in [1.54, 1.807) is 11.0 Å². The molecule has 1 fully saturated rings. The van der Waals surface area contributed by atoms with E-state index in [2.05, 4.69) is 70.5 Å². The number of fused-ring (bicyclic) bond motifs is 1. The van der Waals surface area contributed by atoms with Crippen molar-refractivity contribution in [2.45, 2.75) is 26.3 Å². The van der Waals surface area contributed by atoms with E-state index in [-0.39, 0.29) is 42.5 Å². The summed E-state index contributed by atoms with van der Waals surface area (Å²) in [7, 11) is 0. The smallest absolute Gasteiger partial charge is 0.299 e. The molecule has 5 rings (SSSR count). The fourth-order valence-corrected chi connectivity index (χ4v) is 5.47. The molecule has 0 saturated carbocycles. The molecule has 0 bridgehead atoms. The molecule has 0 aliphatic carbocycles. The number of hydrogen-bond acceptors (Lipinski definition) is 4.